The fourth-order valence-corrected chi connectivity index (χ4v) is 2.06. The van der Waals surface area contributed by atoms with Crippen LogP contribution in [0, 0.1) is 0 Å². The van der Waals surface area contributed by atoms with E-state index in [9.17, 15) is 4.79 Å². The topological polar surface area (TPSA) is 30.2 Å². The van der Waals surface area contributed by atoms with Gasteiger partial charge in [0.25, 0.3) is 0 Å². The summed E-state index contributed by atoms with van der Waals surface area (Å²) in [6, 6.07) is 11.6. The molecule has 94 valence electrons. The van der Waals surface area contributed by atoms with Gasteiger partial charge in [0.15, 0.2) is 10.4 Å². The summed E-state index contributed by atoms with van der Waals surface area (Å²) in [6.07, 6.45) is 0.373. The fourth-order valence-electron chi connectivity index (χ4n) is 1.76. The van der Waals surface area contributed by atoms with E-state index in [1.807, 2.05) is 12.1 Å². The number of halogens is 1. The summed E-state index contributed by atoms with van der Waals surface area (Å²) >= 11 is 3.19. The average molecular weight is 307 g/mol. The number of ketones is 1. The molecule has 3 heteroatoms. The number of carbonyl (C=O) groups excluding carboxylic acids is 1. The maximum atomic E-state index is 11.9. The minimum atomic E-state index is -0.00185. The molecule has 0 aliphatic heterocycles. The van der Waals surface area contributed by atoms with E-state index in [-0.39, 0.29) is 5.78 Å². The van der Waals surface area contributed by atoms with Crippen molar-refractivity contribution in [1.82, 2.24) is 0 Å². The summed E-state index contributed by atoms with van der Waals surface area (Å²) in [5, 5.41) is 0. The molecule has 0 N–H and O–H groups in total. The first-order valence-electron chi connectivity index (χ1n) is 5.93. The molecule has 0 saturated carbocycles. The van der Waals surface area contributed by atoms with Crippen LogP contribution in [0.5, 0.6) is 0 Å². The molecule has 0 amide bonds. The monoisotopic (exact) mass is 306 g/mol. The van der Waals surface area contributed by atoms with Gasteiger partial charge in [-0.2, -0.15) is 0 Å². The van der Waals surface area contributed by atoms with Crippen LogP contribution in [0.1, 0.15) is 41.4 Å². The Kier molecular flexibility index (Phi) is 4.02. The lowest BCUT2D eigenvalue weighted by Crippen LogP contribution is -2.02. The van der Waals surface area contributed by atoms with Gasteiger partial charge in [-0.05, 0) is 45.1 Å². The van der Waals surface area contributed by atoms with Crippen LogP contribution in [-0.2, 0) is 6.42 Å². The van der Waals surface area contributed by atoms with Crippen LogP contribution < -0.4 is 0 Å². The summed E-state index contributed by atoms with van der Waals surface area (Å²) in [5.41, 5.74) is 2.30. The number of Topliss-reactive ketones (excluding diaryl/α,β-unsaturated/α-hetero) is 1. The van der Waals surface area contributed by atoms with Gasteiger partial charge in [-0.1, -0.05) is 38.1 Å². The summed E-state index contributed by atoms with van der Waals surface area (Å²) in [5.74, 6) is 0.906. The van der Waals surface area contributed by atoms with Crippen molar-refractivity contribution in [2.24, 2.45) is 0 Å². The van der Waals surface area contributed by atoms with E-state index in [0.29, 0.717) is 22.8 Å². The van der Waals surface area contributed by atoms with Gasteiger partial charge in [-0.15, -0.1) is 0 Å². The smallest absolute Gasteiger partial charge is 0.202 e. The highest BCUT2D eigenvalue weighted by Gasteiger charge is 2.11. The predicted molar refractivity (Wildman–Crippen MR) is 75.0 cm³/mol. The van der Waals surface area contributed by atoms with Crippen LogP contribution in [0.4, 0.5) is 0 Å². The van der Waals surface area contributed by atoms with Crippen molar-refractivity contribution in [3.8, 4) is 0 Å². The van der Waals surface area contributed by atoms with Gasteiger partial charge in [0.05, 0.1) is 0 Å². The summed E-state index contributed by atoms with van der Waals surface area (Å²) < 4.78 is 5.83. The van der Waals surface area contributed by atoms with E-state index < -0.39 is 0 Å². The summed E-state index contributed by atoms with van der Waals surface area (Å²) in [6.45, 7) is 4.31. The Bertz CT molecular complexity index is 538. The standard InChI is InChI=1S/C15H15BrO2/c1-10(2)12-5-3-11(4-6-12)9-13(17)14-7-8-15(16)18-14/h3-8,10H,9H2,1-2H3. The summed E-state index contributed by atoms with van der Waals surface area (Å²) in [7, 11) is 0. The molecule has 2 rings (SSSR count). The predicted octanol–water partition coefficient (Wildman–Crippen LogP) is 4.59. The number of carbonyl (C=O) groups is 1. The molecule has 0 bridgehead atoms. The van der Waals surface area contributed by atoms with Gasteiger partial charge in [0.1, 0.15) is 0 Å². The van der Waals surface area contributed by atoms with Crippen LogP contribution in [0.15, 0.2) is 45.5 Å². The van der Waals surface area contributed by atoms with Crippen molar-refractivity contribution < 1.29 is 9.21 Å². The second-order valence-electron chi connectivity index (χ2n) is 4.60. The Labute approximate surface area is 115 Å². The zero-order chi connectivity index (χ0) is 13.1. The molecular weight excluding hydrogens is 292 g/mol. The van der Waals surface area contributed by atoms with Crippen molar-refractivity contribution in [1.29, 1.82) is 0 Å². The highest BCUT2D eigenvalue weighted by molar-refractivity contribution is 9.10. The van der Waals surface area contributed by atoms with Crippen molar-refractivity contribution in [2.75, 3.05) is 0 Å². The molecule has 0 saturated heterocycles. The van der Waals surface area contributed by atoms with E-state index >= 15 is 0 Å². The molecule has 0 radical (unpaired) electrons. The van der Waals surface area contributed by atoms with Gasteiger partial charge < -0.3 is 4.42 Å². The molecule has 1 aromatic carbocycles. The second-order valence-corrected chi connectivity index (χ2v) is 5.38. The highest BCUT2D eigenvalue weighted by atomic mass is 79.9. The third-order valence-electron chi connectivity index (χ3n) is 2.86. The minimum Gasteiger partial charge on any atom is -0.446 e. The fraction of sp³-hybridized carbons (Fsp3) is 0.267. The molecule has 0 unspecified atom stereocenters. The molecule has 18 heavy (non-hydrogen) atoms. The van der Waals surface area contributed by atoms with Gasteiger partial charge in [0.2, 0.25) is 5.78 Å². The molecule has 2 aromatic rings. The van der Waals surface area contributed by atoms with Crippen LogP contribution in [0.2, 0.25) is 0 Å². The first kappa shape index (κ1) is 13.1. The number of benzene rings is 1. The van der Waals surface area contributed by atoms with E-state index in [2.05, 4.69) is 41.9 Å². The SMILES string of the molecule is CC(C)c1ccc(CC(=O)c2ccc(Br)o2)cc1. The number of rotatable bonds is 4. The normalized spacial score (nSPS) is 10.9. The molecule has 0 spiro atoms. The number of hydrogen-bond donors (Lipinski definition) is 0. The largest absolute Gasteiger partial charge is 0.446 e. The number of hydrogen-bond acceptors (Lipinski definition) is 2. The molecule has 0 atom stereocenters. The maximum absolute atomic E-state index is 11.9. The molecule has 2 nitrogen and oxygen atoms in total. The van der Waals surface area contributed by atoms with Gasteiger partial charge >= 0.3 is 0 Å². The van der Waals surface area contributed by atoms with Crippen molar-refractivity contribution in [3.63, 3.8) is 0 Å². The van der Waals surface area contributed by atoms with Gasteiger partial charge in [-0.3, -0.25) is 4.79 Å². The Morgan fingerprint density at radius 3 is 2.33 bits per heavy atom. The Morgan fingerprint density at radius 1 is 1.17 bits per heavy atom. The van der Waals surface area contributed by atoms with Crippen molar-refractivity contribution in [2.45, 2.75) is 26.2 Å². The van der Waals surface area contributed by atoms with Crippen molar-refractivity contribution >= 4 is 21.7 Å². The van der Waals surface area contributed by atoms with Crippen LogP contribution in [0.25, 0.3) is 0 Å². The summed E-state index contributed by atoms with van der Waals surface area (Å²) in [4.78, 5) is 11.9. The molecule has 0 aliphatic rings. The first-order chi connectivity index (χ1) is 8.56. The van der Waals surface area contributed by atoms with Crippen molar-refractivity contribution in [3.05, 3.63) is 58.0 Å². The van der Waals surface area contributed by atoms with Crippen LogP contribution >= 0.6 is 15.9 Å². The lowest BCUT2D eigenvalue weighted by atomic mass is 10.00. The zero-order valence-corrected chi connectivity index (χ0v) is 12.0. The second kappa shape index (κ2) is 5.53. The molecule has 1 aromatic heterocycles. The Hall–Kier alpha value is -1.35. The van der Waals surface area contributed by atoms with E-state index in [1.165, 1.54) is 5.56 Å². The van der Waals surface area contributed by atoms with E-state index in [0.717, 1.165) is 5.56 Å². The van der Waals surface area contributed by atoms with E-state index in [1.54, 1.807) is 12.1 Å². The Balaban J connectivity index is 2.07. The minimum absolute atomic E-state index is 0.00185. The first-order valence-corrected chi connectivity index (χ1v) is 6.73. The van der Waals surface area contributed by atoms with Gasteiger partial charge in [0, 0.05) is 6.42 Å². The average Bonchev–Trinajstić information content (AvgIpc) is 2.76. The quantitative estimate of drug-likeness (QED) is 0.773. The molecule has 1 heterocycles. The third-order valence-corrected chi connectivity index (χ3v) is 3.29. The lowest BCUT2D eigenvalue weighted by Gasteiger charge is -2.06. The zero-order valence-electron chi connectivity index (χ0n) is 10.4. The van der Waals surface area contributed by atoms with Crippen LogP contribution in [0.3, 0.4) is 0 Å². The van der Waals surface area contributed by atoms with E-state index in [4.69, 9.17) is 4.42 Å². The molecule has 0 aliphatic carbocycles. The maximum Gasteiger partial charge on any atom is 0.202 e. The molecule has 0 fully saturated rings. The number of furan rings is 1. The molecular formula is C15H15BrO2. The Morgan fingerprint density at radius 2 is 1.83 bits per heavy atom. The highest BCUT2D eigenvalue weighted by Crippen LogP contribution is 2.18. The third kappa shape index (κ3) is 3.10. The van der Waals surface area contributed by atoms with Crippen LogP contribution in [-0.4, -0.2) is 5.78 Å². The lowest BCUT2D eigenvalue weighted by molar-refractivity contribution is 0.0965. The van der Waals surface area contributed by atoms with Gasteiger partial charge in [-0.25, -0.2) is 0 Å².